The third kappa shape index (κ3) is 4.92. The van der Waals surface area contributed by atoms with Crippen molar-refractivity contribution in [3.8, 4) is 0 Å². The molecule has 4 rings (SSSR count). The second kappa shape index (κ2) is 9.51. The molecule has 0 radical (unpaired) electrons. The van der Waals surface area contributed by atoms with Crippen LogP contribution in [0.5, 0.6) is 0 Å². The molecule has 2 aromatic carbocycles. The van der Waals surface area contributed by atoms with Gasteiger partial charge in [-0.3, -0.25) is 9.78 Å². The maximum atomic E-state index is 13.1. The molecule has 1 unspecified atom stereocenters. The van der Waals surface area contributed by atoms with Crippen molar-refractivity contribution in [1.29, 1.82) is 0 Å². The smallest absolute Gasteiger partial charge is 0.408 e. The number of amides is 1. The molecule has 1 aromatic heterocycles. The third-order valence-electron chi connectivity index (χ3n) is 5.66. The van der Waals surface area contributed by atoms with Crippen molar-refractivity contribution in [2.45, 2.75) is 29.1 Å². The van der Waals surface area contributed by atoms with Gasteiger partial charge in [-0.05, 0) is 55.3 Å². The van der Waals surface area contributed by atoms with E-state index in [1.807, 2.05) is 6.26 Å². The first kappa shape index (κ1) is 22.6. The number of aromatic amines is 1. The highest BCUT2D eigenvalue weighted by molar-refractivity contribution is 7.98. The van der Waals surface area contributed by atoms with Gasteiger partial charge in [0.2, 0.25) is 15.9 Å². The topological polar surface area (TPSA) is 112 Å². The van der Waals surface area contributed by atoms with Gasteiger partial charge in [0, 0.05) is 30.6 Å². The number of nitrogens with one attached hydrogen (secondary N) is 2. The average Bonchev–Trinajstić information content (AvgIpc) is 3.18. The zero-order valence-corrected chi connectivity index (χ0v) is 19.3. The van der Waals surface area contributed by atoms with E-state index in [4.69, 9.17) is 4.42 Å². The van der Waals surface area contributed by atoms with Crippen LogP contribution in [0.15, 0.2) is 61.5 Å². The van der Waals surface area contributed by atoms with Gasteiger partial charge in [-0.25, -0.2) is 13.2 Å². The van der Waals surface area contributed by atoms with Crippen LogP contribution in [0.2, 0.25) is 0 Å². The molecule has 1 fully saturated rings. The number of fused-ring (bicyclic) bond motifs is 1. The lowest BCUT2D eigenvalue weighted by molar-refractivity contribution is -0.126. The molecule has 8 nitrogen and oxygen atoms in total. The summed E-state index contributed by atoms with van der Waals surface area (Å²) in [5.74, 6) is -1.16. The highest BCUT2D eigenvalue weighted by atomic mass is 32.2. The molecule has 32 heavy (non-hydrogen) atoms. The van der Waals surface area contributed by atoms with E-state index < -0.39 is 21.7 Å². The predicted octanol–water partition coefficient (Wildman–Crippen LogP) is 2.60. The molecule has 2 heterocycles. The molecule has 1 saturated heterocycles. The Morgan fingerprint density at radius 3 is 2.78 bits per heavy atom. The van der Waals surface area contributed by atoms with Crippen molar-refractivity contribution in [1.82, 2.24) is 14.6 Å². The fourth-order valence-corrected chi connectivity index (χ4v) is 5.82. The van der Waals surface area contributed by atoms with Gasteiger partial charge in [-0.1, -0.05) is 12.1 Å². The quantitative estimate of drug-likeness (QED) is 0.508. The van der Waals surface area contributed by atoms with Gasteiger partial charge in [0.05, 0.1) is 16.3 Å². The lowest BCUT2D eigenvalue weighted by atomic mass is 9.99. The minimum absolute atomic E-state index is 0.0440. The van der Waals surface area contributed by atoms with Gasteiger partial charge in [0.1, 0.15) is 0 Å². The molecule has 170 valence electrons. The molecule has 0 bridgehead atoms. The summed E-state index contributed by atoms with van der Waals surface area (Å²) in [4.78, 5) is 27.8. The standard InChI is InChI=1S/C22H25N3O5S2/c1-31-17-6-4-15(5-7-17)10-11-23-21(26)16-3-2-12-25(14-16)32(28,29)18-8-9-19-20(13-18)30-22(27)24-19/h4-9,13,16H,2-3,10-12,14H2,1H3,(H,23,26)(H,24,27). The number of hydrogen-bond donors (Lipinski definition) is 2. The minimum atomic E-state index is -3.81. The Labute approximate surface area is 190 Å². The lowest BCUT2D eigenvalue weighted by Crippen LogP contribution is -2.45. The van der Waals surface area contributed by atoms with Gasteiger partial charge >= 0.3 is 5.76 Å². The number of benzene rings is 2. The zero-order chi connectivity index (χ0) is 22.7. The summed E-state index contributed by atoms with van der Waals surface area (Å²) in [5.41, 5.74) is 1.77. The Morgan fingerprint density at radius 2 is 2.03 bits per heavy atom. The first-order valence-corrected chi connectivity index (χ1v) is 13.1. The van der Waals surface area contributed by atoms with Crippen LogP contribution < -0.4 is 11.1 Å². The number of piperidine rings is 1. The number of thioether (sulfide) groups is 1. The normalized spacial score (nSPS) is 17.5. The molecule has 3 aromatic rings. The number of carbonyl (C=O) groups is 1. The van der Waals surface area contributed by atoms with E-state index in [0.29, 0.717) is 31.4 Å². The number of oxazole rings is 1. The Bertz CT molecular complexity index is 1260. The maximum Gasteiger partial charge on any atom is 0.417 e. The monoisotopic (exact) mass is 475 g/mol. The van der Waals surface area contributed by atoms with E-state index in [2.05, 4.69) is 34.6 Å². The molecule has 0 aliphatic carbocycles. The van der Waals surface area contributed by atoms with Crippen molar-refractivity contribution in [2.75, 3.05) is 25.9 Å². The van der Waals surface area contributed by atoms with E-state index in [9.17, 15) is 18.0 Å². The van der Waals surface area contributed by atoms with Crippen LogP contribution >= 0.6 is 11.8 Å². The molecule has 0 saturated carbocycles. The minimum Gasteiger partial charge on any atom is -0.408 e. The van der Waals surface area contributed by atoms with Crippen molar-refractivity contribution >= 4 is 38.8 Å². The van der Waals surface area contributed by atoms with Crippen LogP contribution in [0.25, 0.3) is 11.1 Å². The van der Waals surface area contributed by atoms with Crippen LogP contribution in [0.1, 0.15) is 18.4 Å². The Kier molecular flexibility index (Phi) is 6.73. The first-order chi connectivity index (χ1) is 15.4. The van der Waals surface area contributed by atoms with Crippen LogP contribution in [0, 0.1) is 5.92 Å². The second-order valence-corrected chi connectivity index (χ2v) is 10.6. The molecule has 1 aliphatic rings. The summed E-state index contributed by atoms with van der Waals surface area (Å²) in [6.45, 7) is 0.985. The highest BCUT2D eigenvalue weighted by Gasteiger charge is 2.33. The van der Waals surface area contributed by atoms with Crippen molar-refractivity contribution in [2.24, 2.45) is 5.92 Å². The maximum absolute atomic E-state index is 13.1. The fraction of sp³-hybridized carbons (Fsp3) is 0.364. The molecule has 1 amide bonds. The van der Waals surface area contributed by atoms with Gasteiger partial charge in [-0.15, -0.1) is 11.8 Å². The SMILES string of the molecule is CSc1ccc(CCNC(=O)C2CCCN(S(=O)(=O)c3ccc4[nH]c(=O)oc4c3)C2)cc1. The summed E-state index contributed by atoms with van der Waals surface area (Å²) in [5, 5.41) is 2.95. The van der Waals surface area contributed by atoms with Gasteiger partial charge < -0.3 is 9.73 Å². The largest absolute Gasteiger partial charge is 0.417 e. The van der Waals surface area contributed by atoms with Crippen molar-refractivity contribution in [3.05, 3.63) is 58.6 Å². The number of sulfonamides is 1. The third-order valence-corrected chi connectivity index (χ3v) is 8.26. The number of carbonyl (C=O) groups excluding carboxylic acids is 1. The molecule has 10 heteroatoms. The van der Waals surface area contributed by atoms with Crippen LogP contribution in [0.3, 0.4) is 0 Å². The van der Waals surface area contributed by atoms with Gasteiger partial charge in [0.25, 0.3) is 0 Å². The molecule has 1 aliphatic heterocycles. The number of hydrogen-bond acceptors (Lipinski definition) is 6. The average molecular weight is 476 g/mol. The Balaban J connectivity index is 1.37. The molecular formula is C22H25N3O5S2. The van der Waals surface area contributed by atoms with Gasteiger partial charge in [0.15, 0.2) is 5.58 Å². The highest BCUT2D eigenvalue weighted by Crippen LogP contribution is 2.25. The number of aromatic nitrogens is 1. The summed E-state index contributed by atoms with van der Waals surface area (Å²) >= 11 is 1.68. The van der Waals surface area contributed by atoms with Crippen molar-refractivity contribution in [3.63, 3.8) is 0 Å². The van der Waals surface area contributed by atoms with Crippen LogP contribution in [0.4, 0.5) is 0 Å². The summed E-state index contributed by atoms with van der Waals surface area (Å²) < 4.78 is 32.6. The summed E-state index contributed by atoms with van der Waals surface area (Å²) in [6, 6.07) is 12.5. The van der Waals surface area contributed by atoms with E-state index in [1.165, 1.54) is 27.4 Å². The van der Waals surface area contributed by atoms with E-state index in [0.717, 1.165) is 12.0 Å². The second-order valence-electron chi connectivity index (χ2n) is 7.76. The van der Waals surface area contributed by atoms with Crippen LogP contribution in [-0.4, -0.2) is 49.5 Å². The first-order valence-electron chi connectivity index (χ1n) is 10.4. The number of nitrogens with zero attached hydrogens (tertiary/aromatic N) is 1. The lowest BCUT2D eigenvalue weighted by Gasteiger charge is -2.31. The molecule has 1 atom stereocenters. The molecule has 2 N–H and O–H groups in total. The van der Waals surface area contributed by atoms with Crippen molar-refractivity contribution < 1.29 is 17.6 Å². The number of H-pyrrole nitrogens is 1. The zero-order valence-electron chi connectivity index (χ0n) is 17.7. The predicted molar refractivity (Wildman–Crippen MR) is 123 cm³/mol. The Hall–Kier alpha value is -2.56. The van der Waals surface area contributed by atoms with E-state index in [-0.39, 0.29) is 22.9 Å². The van der Waals surface area contributed by atoms with Crippen LogP contribution in [-0.2, 0) is 21.2 Å². The summed E-state index contributed by atoms with van der Waals surface area (Å²) in [7, 11) is -3.81. The molecule has 0 spiro atoms. The van der Waals surface area contributed by atoms with E-state index in [1.54, 1.807) is 11.8 Å². The Morgan fingerprint density at radius 1 is 1.25 bits per heavy atom. The fourth-order valence-electron chi connectivity index (χ4n) is 3.88. The van der Waals surface area contributed by atoms with E-state index >= 15 is 0 Å². The molecular weight excluding hydrogens is 450 g/mol. The number of rotatable bonds is 7. The van der Waals surface area contributed by atoms with Gasteiger partial charge in [-0.2, -0.15) is 4.31 Å². The summed E-state index contributed by atoms with van der Waals surface area (Å²) in [6.07, 6.45) is 4.00.